The van der Waals surface area contributed by atoms with Crippen molar-refractivity contribution in [2.45, 2.75) is 62.4 Å². The second-order valence-electron chi connectivity index (χ2n) is 6.35. The van der Waals surface area contributed by atoms with Crippen molar-refractivity contribution in [3.05, 3.63) is 0 Å². The fourth-order valence-corrected chi connectivity index (χ4v) is 2.19. The number of aliphatic hydroxyl groups is 7. The molecule has 0 aromatic heterocycles. The standard InChI is InChI=1S/C14H28O10/c1-14(2,6-17)24-8(3-15)7(18)5-22-13-12(21)11(20)10(19)9(4-16)23-13/h7-13,15-21H,3-6H2,1-2H3/t7-,8?,9?,10?,11?,12-,13?/m0/s1. The molecule has 0 aliphatic carbocycles. The van der Waals surface area contributed by atoms with E-state index in [0.29, 0.717) is 0 Å². The zero-order valence-electron chi connectivity index (χ0n) is 13.7. The summed E-state index contributed by atoms with van der Waals surface area (Å²) < 4.78 is 15.7. The zero-order chi connectivity index (χ0) is 18.5. The molecule has 7 N–H and O–H groups in total. The highest BCUT2D eigenvalue weighted by molar-refractivity contribution is 4.89. The summed E-state index contributed by atoms with van der Waals surface area (Å²) >= 11 is 0. The van der Waals surface area contributed by atoms with E-state index in [-0.39, 0.29) is 6.61 Å². The fraction of sp³-hybridized carbons (Fsp3) is 1.00. The Morgan fingerprint density at radius 3 is 2.17 bits per heavy atom. The molecule has 1 heterocycles. The van der Waals surface area contributed by atoms with Crippen LogP contribution in [0.3, 0.4) is 0 Å². The largest absolute Gasteiger partial charge is 0.394 e. The lowest BCUT2D eigenvalue weighted by Gasteiger charge is -2.40. The van der Waals surface area contributed by atoms with Gasteiger partial charge < -0.3 is 50.0 Å². The van der Waals surface area contributed by atoms with Gasteiger partial charge >= 0.3 is 0 Å². The van der Waals surface area contributed by atoms with Crippen LogP contribution in [0.25, 0.3) is 0 Å². The molecule has 1 aliphatic rings. The first kappa shape index (κ1) is 21.6. The van der Waals surface area contributed by atoms with Crippen LogP contribution >= 0.6 is 0 Å². The van der Waals surface area contributed by atoms with Gasteiger partial charge in [-0.15, -0.1) is 0 Å². The van der Waals surface area contributed by atoms with Crippen molar-refractivity contribution >= 4 is 0 Å². The SMILES string of the molecule is CC(C)(CO)OC(CO)[C@@H](O)COC1OC(CO)C(O)C(O)[C@@H]1O. The molecule has 10 nitrogen and oxygen atoms in total. The maximum Gasteiger partial charge on any atom is 0.186 e. The van der Waals surface area contributed by atoms with Crippen molar-refractivity contribution in [2.75, 3.05) is 26.4 Å². The highest BCUT2D eigenvalue weighted by atomic mass is 16.7. The molecular formula is C14H28O10. The van der Waals surface area contributed by atoms with E-state index in [4.69, 9.17) is 24.4 Å². The molecule has 0 amide bonds. The monoisotopic (exact) mass is 356 g/mol. The minimum absolute atomic E-state index is 0.330. The predicted molar refractivity (Wildman–Crippen MR) is 78.8 cm³/mol. The van der Waals surface area contributed by atoms with Crippen molar-refractivity contribution in [1.82, 2.24) is 0 Å². The summed E-state index contributed by atoms with van der Waals surface area (Å²) in [6.45, 7) is 1.25. The summed E-state index contributed by atoms with van der Waals surface area (Å²) in [6.07, 6.45) is -9.56. The normalized spacial score (nSPS) is 34.1. The Hall–Kier alpha value is -0.400. The van der Waals surface area contributed by atoms with Crippen molar-refractivity contribution in [2.24, 2.45) is 0 Å². The van der Waals surface area contributed by atoms with Gasteiger partial charge in [-0.1, -0.05) is 0 Å². The Morgan fingerprint density at radius 1 is 1.04 bits per heavy atom. The van der Waals surface area contributed by atoms with Crippen LogP contribution in [-0.2, 0) is 14.2 Å². The van der Waals surface area contributed by atoms with Crippen LogP contribution in [0.1, 0.15) is 13.8 Å². The van der Waals surface area contributed by atoms with Gasteiger partial charge in [-0.05, 0) is 13.8 Å². The highest BCUT2D eigenvalue weighted by Gasteiger charge is 2.44. The topological polar surface area (TPSA) is 169 Å². The molecule has 1 fully saturated rings. The van der Waals surface area contributed by atoms with Gasteiger partial charge in [0.25, 0.3) is 0 Å². The lowest BCUT2D eigenvalue weighted by Crippen LogP contribution is -2.59. The smallest absolute Gasteiger partial charge is 0.186 e. The number of aliphatic hydroxyl groups excluding tert-OH is 7. The molecule has 144 valence electrons. The summed E-state index contributed by atoms with van der Waals surface area (Å²) in [4.78, 5) is 0. The van der Waals surface area contributed by atoms with E-state index < -0.39 is 68.3 Å². The Kier molecular flexibility index (Phi) is 8.42. The molecule has 24 heavy (non-hydrogen) atoms. The number of hydrogen-bond acceptors (Lipinski definition) is 10. The van der Waals surface area contributed by atoms with Crippen LogP contribution in [0, 0.1) is 0 Å². The van der Waals surface area contributed by atoms with E-state index in [1.165, 1.54) is 0 Å². The lowest BCUT2D eigenvalue weighted by molar-refractivity contribution is -0.307. The van der Waals surface area contributed by atoms with Gasteiger partial charge in [0.2, 0.25) is 0 Å². The lowest BCUT2D eigenvalue weighted by atomic mass is 9.99. The Morgan fingerprint density at radius 2 is 1.67 bits per heavy atom. The molecule has 1 aliphatic heterocycles. The van der Waals surface area contributed by atoms with E-state index in [9.17, 15) is 25.5 Å². The molecule has 7 atom stereocenters. The maximum absolute atomic E-state index is 10.0. The van der Waals surface area contributed by atoms with Crippen molar-refractivity contribution in [1.29, 1.82) is 0 Å². The second kappa shape index (κ2) is 9.34. The first-order valence-corrected chi connectivity index (χ1v) is 7.66. The molecule has 0 aromatic carbocycles. The molecule has 0 radical (unpaired) electrons. The van der Waals surface area contributed by atoms with Crippen molar-refractivity contribution < 1.29 is 50.0 Å². The molecular weight excluding hydrogens is 328 g/mol. The van der Waals surface area contributed by atoms with E-state index in [2.05, 4.69) is 0 Å². The fourth-order valence-electron chi connectivity index (χ4n) is 2.19. The summed E-state index contributed by atoms with van der Waals surface area (Å²) in [5.41, 5.74) is -0.989. The van der Waals surface area contributed by atoms with Gasteiger partial charge in [-0.2, -0.15) is 0 Å². The third-order valence-corrected chi connectivity index (χ3v) is 3.74. The van der Waals surface area contributed by atoms with E-state index in [0.717, 1.165) is 0 Å². The first-order chi connectivity index (χ1) is 11.2. The highest BCUT2D eigenvalue weighted by Crippen LogP contribution is 2.22. The quantitative estimate of drug-likeness (QED) is 0.218. The summed E-state index contributed by atoms with van der Waals surface area (Å²) in [7, 11) is 0. The average Bonchev–Trinajstić information content (AvgIpc) is 2.56. The molecule has 1 saturated heterocycles. The van der Waals surface area contributed by atoms with E-state index in [1.54, 1.807) is 13.8 Å². The van der Waals surface area contributed by atoms with Crippen molar-refractivity contribution in [3.63, 3.8) is 0 Å². The number of ether oxygens (including phenoxy) is 3. The van der Waals surface area contributed by atoms with E-state index >= 15 is 0 Å². The van der Waals surface area contributed by atoms with Gasteiger partial charge in [0, 0.05) is 0 Å². The average molecular weight is 356 g/mol. The van der Waals surface area contributed by atoms with Gasteiger partial charge in [0.1, 0.15) is 36.6 Å². The van der Waals surface area contributed by atoms with Gasteiger partial charge in [0.15, 0.2) is 6.29 Å². The van der Waals surface area contributed by atoms with Gasteiger partial charge in [-0.3, -0.25) is 0 Å². The minimum atomic E-state index is -1.59. The Bertz CT molecular complexity index is 363. The number of rotatable bonds is 9. The van der Waals surface area contributed by atoms with Crippen molar-refractivity contribution in [3.8, 4) is 0 Å². The summed E-state index contributed by atoms with van der Waals surface area (Å²) in [5.74, 6) is 0. The maximum atomic E-state index is 10.0. The Balaban J connectivity index is 2.59. The minimum Gasteiger partial charge on any atom is -0.394 e. The number of hydrogen-bond donors (Lipinski definition) is 7. The molecule has 10 heteroatoms. The molecule has 1 rings (SSSR count). The third kappa shape index (κ3) is 5.56. The summed E-state index contributed by atoms with van der Waals surface area (Å²) in [5, 5.41) is 66.7. The van der Waals surface area contributed by atoms with Crippen LogP contribution in [-0.4, -0.2) is 111 Å². The van der Waals surface area contributed by atoms with Crippen LogP contribution in [0.5, 0.6) is 0 Å². The molecule has 5 unspecified atom stereocenters. The van der Waals surface area contributed by atoms with Gasteiger partial charge in [0.05, 0.1) is 32.0 Å². The zero-order valence-corrected chi connectivity index (χ0v) is 13.7. The predicted octanol–water partition coefficient (Wildman–Crippen LogP) is -3.69. The van der Waals surface area contributed by atoms with Crippen LogP contribution in [0.2, 0.25) is 0 Å². The van der Waals surface area contributed by atoms with Crippen LogP contribution < -0.4 is 0 Å². The molecule has 0 saturated carbocycles. The Labute approximate surface area is 139 Å². The van der Waals surface area contributed by atoms with Gasteiger partial charge in [-0.25, -0.2) is 0 Å². The van der Waals surface area contributed by atoms with Crippen LogP contribution in [0.4, 0.5) is 0 Å². The molecule has 0 spiro atoms. The van der Waals surface area contributed by atoms with Crippen LogP contribution in [0.15, 0.2) is 0 Å². The summed E-state index contributed by atoms with van der Waals surface area (Å²) in [6, 6.07) is 0. The van der Waals surface area contributed by atoms with E-state index in [1.807, 2.05) is 0 Å². The first-order valence-electron chi connectivity index (χ1n) is 7.66. The molecule has 0 bridgehead atoms. The third-order valence-electron chi connectivity index (χ3n) is 3.74. The molecule has 0 aromatic rings. The second-order valence-corrected chi connectivity index (χ2v) is 6.35.